The van der Waals surface area contributed by atoms with Crippen LogP contribution in [0.2, 0.25) is 4.34 Å². The van der Waals surface area contributed by atoms with Crippen LogP contribution in [0.3, 0.4) is 0 Å². The van der Waals surface area contributed by atoms with Gasteiger partial charge in [0.05, 0.1) is 14.9 Å². The van der Waals surface area contributed by atoms with E-state index in [1.165, 1.54) is 17.4 Å². The molecule has 2 atom stereocenters. The number of aryl methyl sites for hydroxylation is 1. The number of hydrogen-bond acceptors (Lipinski definition) is 4. The molecule has 2 amide bonds. The molecule has 0 radical (unpaired) electrons. The van der Waals surface area contributed by atoms with E-state index >= 15 is 0 Å². The maximum atomic E-state index is 12.9. The zero-order valence-electron chi connectivity index (χ0n) is 16.9. The quantitative estimate of drug-likeness (QED) is 0.611. The topological polar surface area (TPSA) is 80.2 Å². The van der Waals surface area contributed by atoms with Gasteiger partial charge in [0.25, 0.3) is 17.4 Å². The van der Waals surface area contributed by atoms with Crippen molar-refractivity contribution in [2.45, 2.75) is 38.3 Å². The maximum Gasteiger partial charge on any atom is 0.261 e. The van der Waals surface area contributed by atoms with E-state index in [1.54, 1.807) is 53.2 Å². The van der Waals surface area contributed by atoms with Gasteiger partial charge in [-0.2, -0.15) is 0 Å². The number of carbonyl (C=O) groups excluding carboxylic acids is 2. The van der Waals surface area contributed by atoms with Gasteiger partial charge in [-0.05, 0) is 68.1 Å². The number of rotatable bonds is 5. The van der Waals surface area contributed by atoms with Gasteiger partial charge in [-0.15, -0.1) is 11.3 Å². The molecule has 2 N–H and O–H groups in total. The fourth-order valence-electron chi connectivity index (χ4n) is 3.93. The molecular formula is C23H22ClN3O3S. The monoisotopic (exact) mass is 455 g/mol. The van der Waals surface area contributed by atoms with Crippen molar-refractivity contribution in [2.24, 2.45) is 0 Å². The molecule has 2 heterocycles. The molecule has 2 aromatic heterocycles. The first kappa shape index (κ1) is 21.3. The maximum absolute atomic E-state index is 12.9. The van der Waals surface area contributed by atoms with Crippen molar-refractivity contribution in [3.8, 4) is 5.69 Å². The number of pyridine rings is 1. The molecule has 4 rings (SSSR count). The van der Waals surface area contributed by atoms with Crippen molar-refractivity contribution in [3.63, 3.8) is 0 Å². The van der Waals surface area contributed by atoms with Gasteiger partial charge in [0.1, 0.15) is 0 Å². The van der Waals surface area contributed by atoms with E-state index in [1.807, 2.05) is 6.92 Å². The number of hydrogen-bond donors (Lipinski definition) is 2. The minimum absolute atomic E-state index is 0.124. The SMILES string of the molecule is Cc1cc(C(=O)N[C@H]2CCCC2NC(=O)c2ccc(Cl)s2)ccc1-n1ccccc1=O. The number of amides is 2. The van der Waals surface area contributed by atoms with Gasteiger partial charge in [-0.3, -0.25) is 19.0 Å². The minimum Gasteiger partial charge on any atom is -0.347 e. The molecule has 6 nitrogen and oxygen atoms in total. The number of aromatic nitrogens is 1. The zero-order chi connectivity index (χ0) is 22.0. The van der Waals surface area contributed by atoms with Crippen LogP contribution in [-0.4, -0.2) is 28.5 Å². The van der Waals surface area contributed by atoms with Crippen LogP contribution >= 0.6 is 22.9 Å². The van der Waals surface area contributed by atoms with Crippen molar-refractivity contribution in [3.05, 3.63) is 85.4 Å². The number of thiophene rings is 1. The number of nitrogens with one attached hydrogen (secondary N) is 2. The number of benzene rings is 1. The molecule has 8 heteroatoms. The van der Waals surface area contributed by atoms with E-state index < -0.39 is 0 Å². The van der Waals surface area contributed by atoms with Crippen molar-refractivity contribution in [1.29, 1.82) is 0 Å². The lowest BCUT2D eigenvalue weighted by Crippen LogP contribution is -2.48. The minimum atomic E-state index is -0.194. The second-order valence-electron chi connectivity index (χ2n) is 7.60. The van der Waals surface area contributed by atoms with Crippen LogP contribution in [0.5, 0.6) is 0 Å². The van der Waals surface area contributed by atoms with Crippen LogP contribution < -0.4 is 16.2 Å². The van der Waals surface area contributed by atoms with Gasteiger partial charge in [-0.1, -0.05) is 17.7 Å². The summed E-state index contributed by atoms with van der Waals surface area (Å²) in [5, 5.41) is 6.08. The second kappa shape index (κ2) is 9.08. The highest BCUT2D eigenvalue weighted by Crippen LogP contribution is 2.24. The highest BCUT2D eigenvalue weighted by molar-refractivity contribution is 7.18. The zero-order valence-corrected chi connectivity index (χ0v) is 18.5. The Morgan fingerprint density at radius 2 is 1.77 bits per heavy atom. The summed E-state index contributed by atoms with van der Waals surface area (Å²) in [7, 11) is 0. The summed E-state index contributed by atoms with van der Waals surface area (Å²) in [5.41, 5.74) is 1.96. The molecular weight excluding hydrogens is 434 g/mol. The van der Waals surface area contributed by atoms with Crippen LogP contribution in [0, 0.1) is 6.92 Å². The third-order valence-electron chi connectivity index (χ3n) is 5.49. The van der Waals surface area contributed by atoms with E-state index in [2.05, 4.69) is 10.6 Å². The van der Waals surface area contributed by atoms with Gasteiger partial charge in [-0.25, -0.2) is 0 Å². The fraction of sp³-hybridized carbons (Fsp3) is 0.261. The molecule has 1 saturated carbocycles. The Bertz CT molecular complexity index is 1190. The second-order valence-corrected chi connectivity index (χ2v) is 9.32. The summed E-state index contributed by atoms with van der Waals surface area (Å²) in [4.78, 5) is 38.0. The third-order valence-corrected chi connectivity index (χ3v) is 6.72. The molecule has 1 aliphatic rings. The summed E-state index contributed by atoms with van der Waals surface area (Å²) in [5.74, 6) is -0.364. The molecule has 0 aliphatic heterocycles. The summed E-state index contributed by atoms with van der Waals surface area (Å²) in [6.07, 6.45) is 4.25. The Labute approximate surface area is 188 Å². The van der Waals surface area contributed by atoms with Crippen LogP contribution in [0.15, 0.2) is 59.5 Å². The summed E-state index contributed by atoms with van der Waals surface area (Å²) < 4.78 is 2.12. The molecule has 0 spiro atoms. The van der Waals surface area contributed by atoms with Crippen molar-refractivity contribution < 1.29 is 9.59 Å². The molecule has 3 aromatic rings. The summed E-state index contributed by atoms with van der Waals surface area (Å²) >= 11 is 7.16. The first-order valence-corrected chi connectivity index (χ1v) is 11.3. The standard InChI is InChI=1S/C23H22ClN3O3S/c1-14-13-15(8-9-18(14)27-12-3-2-7-21(27)28)22(29)25-16-5-4-6-17(16)26-23(30)19-10-11-20(24)31-19/h2-3,7-13,16-17H,4-6H2,1H3,(H,25,29)(H,26,30)/t16-,17?/m0/s1. The van der Waals surface area contributed by atoms with E-state index in [4.69, 9.17) is 11.6 Å². The first-order chi connectivity index (χ1) is 14.9. The van der Waals surface area contributed by atoms with E-state index in [0.717, 1.165) is 30.5 Å². The molecule has 1 unspecified atom stereocenters. The summed E-state index contributed by atoms with van der Waals surface area (Å²) in [6.45, 7) is 1.87. The Hall–Kier alpha value is -2.90. The molecule has 31 heavy (non-hydrogen) atoms. The number of carbonyl (C=O) groups is 2. The lowest BCUT2D eigenvalue weighted by Gasteiger charge is -2.22. The smallest absolute Gasteiger partial charge is 0.261 e. The average Bonchev–Trinajstić information content (AvgIpc) is 3.37. The van der Waals surface area contributed by atoms with Crippen molar-refractivity contribution in [2.75, 3.05) is 0 Å². The van der Waals surface area contributed by atoms with E-state index in [9.17, 15) is 14.4 Å². The van der Waals surface area contributed by atoms with Gasteiger partial charge < -0.3 is 10.6 Å². The molecule has 1 aliphatic carbocycles. The van der Waals surface area contributed by atoms with Gasteiger partial charge >= 0.3 is 0 Å². The van der Waals surface area contributed by atoms with E-state index in [0.29, 0.717) is 14.8 Å². The Morgan fingerprint density at radius 1 is 1.03 bits per heavy atom. The Balaban J connectivity index is 1.45. The predicted molar refractivity (Wildman–Crippen MR) is 122 cm³/mol. The lowest BCUT2D eigenvalue weighted by molar-refractivity contribution is 0.0894. The van der Waals surface area contributed by atoms with E-state index in [-0.39, 0.29) is 29.5 Å². The average molecular weight is 456 g/mol. The normalized spacial score (nSPS) is 18.0. The number of nitrogens with zero attached hydrogens (tertiary/aromatic N) is 1. The molecule has 0 saturated heterocycles. The van der Waals surface area contributed by atoms with Gasteiger partial charge in [0, 0.05) is 29.9 Å². The molecule has 1 aromatic carbocycles. The largest absolute Gasteiger partial charge is 0.347 e. The lowest BCUT2D eigenvalue weighted by atomic mass is 10.1. The molecule has 160 valence electrons. The first-order valence-electron chi connectivity index (χ1n) is 10.1. The third kappa shape index (κ3) is 4.73. The Kier molecular flexibility index (Phi) is 6.25. The van der Waals surface area contributed by atoms with Crippen LogP contribution in [-0.2, 0) is 0 Å². The fourth-order valence-corrected chi connectivity index (χ4v) is 4.87. The Morgan fingerprint density at radius 3 is 2.42 bits per heavy atom. The van der Waals surface area contributed by atoms with Gasteiger partial charge in [0.15, 0.2) is 0 Å². The van der Waals surface area contributed by atoms with Crippen molar-refractivity contribution in [1.82, 2.24) is 15.2 Å². The van der Waals surface area contributed by atoms with Crippen LogP contribution in [0.4, 0.5) is 0 Å². The number of halogens is 1. The van der Waals surface area contributed by atoms with Gasteiger partial charge in [0.2, 0.25) is 0 Å². The van der Waals surface area contributed by atoms with Crippen LogP contribution in [0.1, 0.15) is 44.9 Å². The predicted octanol–water partition coefficient (Wildman–Crippen LogP) is 3.94. The van der Waals surface area contributed by atoms with Crippen molar-refractivity contribution >= 4 is 34.8 Å². The molecule has 1 fully saturated rings. The van der Waals surface area contributed by atoms with Crippen LogP contribution in [0.25, 0.3) is 5.69 Å². The highest BCUT2D eigenvalue weighted by Gasteiger charge is 2.30. The highest BCUT2D eigenvalue weighted by atomic mass is 35.5. The summed E-state index contributed by atoms with van der Waals surface area (Å²) in [6, 6.07) is 13.4. The molecule has 0 bridgehead atoms.